The number of carbonyl (C=O) groups is 2. The largest absolute Gasteiger partial charge is 0.453 e. The maximum Gasteiger partial charge on any atom is 0.348 e. The predicted octanol–water partition coefficient (Wildman–Crippen LogP) is 2.42. The van der Waals surface area contributed by atoms with Gasteiger partial charge in [-0.2, -0.15) is 0 Å². The highest BCUT2D eigenvalue weighted by molar-refractivity contribution is 7.91. The lowest BCUT2D eigenvalue weighted by atomic mass is 9.86. The molecule has 1 N–H and O–H groups in total. The third-order valence-corrected chi connectivity index (χ3v) is 8.36. The molecule has 8 heteroatoms. The van der Waals surface area contributed by atoms with E-state index < -0.39 is 40.0 Å². The SMILES string of the molecule is O=C(COC(=O)C(O)(c1ccccc1)c1ccccc1)N(C1CCCC1)C1CCS(=O)(=O)C1. The van der Waals surface area contributed by atoms with E-state index in [1.54, 1.807) is 65.6 Å². The quantitative estimate of drug-likeness (QED) is 0.623. The van der Waals surface area contributed by atoms with Gasteiger partial charge in [-0.15, -0.1) is 0 Å². The van der Waals surface area contributed by atoms with Crippen molar-refractivity contribution in [2.24, 2.45) is 0 Å². The topological polar surface area (TPSA) is 101 Å². The maximum absolute atomic E-state index is 13.2. The summed E-state index contributed by atoms with van der Waals surface area (Å²) in [6.07, 6.45) is 3.99. The highest BCUT2D eigenvalue weighted by atomic mass is 32.2. The second kappa shape index (κ2) is 9.65. The predicted molar refractivity (Wildman–Crippen MR) is 123 cm³/mol. The van der Waals surface area contributed by atoms with Gasteiger partial charge in [-0.3, -0.25) is 4.79 Å². The van der Waals surface area contributed by atoms with Gasteiger partial charge in [0.1, 0.15) is 0 Å². The van der Waals surface area contributed by atoms with E-state index in [2.05, 4.69) is 0 Å². The summed E-state index contributed by atoms with van der Waals surface area (Å²) >= 11 is 0. The monoisotopic (exact) mass is 471 g/mol. The van der Waals surface area contributed by atoms with Gasteiger partial charge < -0.3 is 14.7 Å². The zero-order valence-electron chi connectivity index (χ0n) is 18.4. The Balaban J connectivity index is 1.54. The molecule has 2 aromatic rings. The van der Waals surface area contributed by atoms with E-state index in [4.69, 9.17) is 4.74 Å². The van der Waals surface area contributed by atoms with Crippen LogP contribution in [-0.4, -0.2) is 60.5 Å². The third kappa shape index (κ3) is 4.96. The van der Waals surface area contributed by atoms with E-state index in [-0.39, 0.29) is 17.5 Å². The fourth-order valence-electron chi connectivity index (χ4n) is 4.95. The van der Waals surface area contributed by atoms with E-state index in [1.165, 1.54) is 0 Å². The molecule has 176 valence electrons. The minimum atomic E-state index is -3.17. The van der Waals surface area contributed by atoms with Crippen LogP contribution in [0.3, 0.4) is 0 Å². The number of nitrogens with zero attached hydrogens (tertiary/aromatic N) is 1. The first-order valence-corrected chi connectivity index (χ1v) is 13.2. The third-order valence-electron chi connectivity index (χ3n) is 6.61. The van der Waals surface area contributed by atoms with Gasteiger partial charge in [0.2, 0.25) is 5.60 Å². The van der Waals surface area contributed by atoms with Crippen LogP contribution < -0.4 is 0 Å². The zero-order chi connectivity index (χ0) is 23.5. The van der Waals surface area contributed by atoms with Crippen molar-refractivity contribution in [3.8, 4) is 0 Å². The van der Waals surface area contributed by atoms with Crippen molar-refractivity contribution in [1.82, 2.24) is 4.90 Å². The molecule has 0 radical (unpaired) electrons. The molecule has 1 heterocycles. The molecule has 0 bridgehead atoms. The van der Waals surface area contributed by atoms with Gasteiger partial charge in [-0.1, -0.05) is 73.5 Å². The van der Waals surface area contributed by atoms with Gasteiger partial charge in [0.25, 0.3) is 5.91 Å². The highest BCUT2D eigenvalue weighted by Crippen LogP contribution is 2.32. The molecular formula is C25H29NO6S. The molecule has 0 spiro atoms. The highest BCUT2D eigenvalue weighted by Gasteiger charge is 2.43. The number of sulfone groups is 1. The number of aliphatic hydroxyl groups is 1. The summed E-state index contributed by atoms with van der Waals surface area (Å²) in [5.74, 6) is -1.35. The fourth-order valence-corrected chi connectivity index (χ4v) is 6.66. The molecule has 33 heavy (non-hydrogen) atoms. The smallest absolute Gasteiger partial charge is 0.348 e. The molecule has 1 aliphatic carbocycles. The van der Waals surface area contributed by atoms with Crippen molar-refractivity contribution in [2.45, 2.75) is 49.8 Å². The van der Waals surface area contributed by atoms with E-state index in [1.807, 2.05) is 0 Å². The van der Waals surface area contributed by atoms with Crippen molar-refractivity contribution in [3.05, 3.63) is 71.8 Å². The van der Waals surface area contributed by atoms with Crippen LogP contribution in [0, 0.1) is 0 Å². The zero-order valence-corrected chi connectivity index (χ0v) is 19.2. The molecule has 1 atom stereocenters. The van der Waals surface area contributed by atoms with Gasteiger partial charge in [0.05, 0.1) is 11.5 Å². The molecule has 2 fully saturated rings. The summed E-state index contributed by atoms with van der Waals surface area (Å²) in [7, 11) is -3.17. The molecule has 2 aromatic carbocycles. The summed E-state index contributed by atoms with van der Waals surface area (Å²) < 4.78 is 29.5. The number of carbonyl (C=O) groups excluding carboxylic acids is 2. The van der Waals surface area contributed by atoms with Crippen LogP contribution in [0.5, 0.6) is 0 Å². The second-order valence-electron chi connectivity index (χ2n) is 8.81. The first-order chi connectivity index (χ1) is 15.8. The Morgan fingerprint density at radius 3 is 1.94 bits per heavy atom. The van der Waals surface area contributed by atoms with Gasteiger partial charge in [0, 0.05) is 12.1 Å². The average molecular weight is 472 g/mol. The van der Waals surface area contributed by atoms with Gasteiger partial charge in [0.15, 0.2) is 16.4 Å². The molecule has 0 aromatic heterocycles. The number of hydrogen-bond acceptors (Lipinski definition) is 6. The Morgan fingerprint density at radius 1 is 0.909 bits per heavy atom. The fraction of sp³-hybridized carbons (Fsp3) is 0.440. The number of ether oxygens (including phenoxy) is 1. The van der Waals surface area contributed by atoms with Crippen LogP contribution in [-0.2, 0) is 29.8 Å². The summed E-state index contributed by atoms with van der Waals surface area (Å²) in [4.78, 5) is 28.0. The molecule has 1 unspecified atom stereocenters. The number of amides is 1. The average Bonchev–Trinajstić information content (AvgIpc) is 3.48. The Labute approximate surface area is 194 Å². The van der Waals surface area contributed by atoms with E-state index in [9.17, 15) is 23.1 Å². The lowest BCUT2D eigenvalue weighted by Crippen LogP contribution is -2.49. The maximum atomic E-state index is 13.2. The van der Waals surface area contributed by atoms with Crippen molar-refractivity contribution >= 4 is 21.7 Å². The van der Waals surface area contributed by atoms with Crippen LogP contribution in [0.2, 0.25) is 0 Å². The van der Waals surface area contributed by atoms with E-state index in [0.29, 0.717) is 17.5 Å². The lowest BCUT2D eigenvalue weighted by Gasteiger charge is -2.34. The second-order valence-corrected chi connectivity index (χ2v) is 11.0. The first-order valence-electron chi connectivity index (χ1n) is 11.3. The molecule has 7 nitrogen and oxygen atoms in total. The van der Waals surface area contributed by atoms with Crippen LogP contribution in [0.4, 0.5) is 0 Å². The van der Waals surface area contributed by atoms with Gasteiger partial charge in [-0.25, -0.2) is 13.2 Å². The van der Waals surface area contributed by atoms with Crippen LogP contribution >= 0.6 is 0 Å². The molecule has 1 saturated heterocycles. The number of benzene rings is 2. The molecule has 1 amide bonds. The summed E-state index contributed by atoms with van der Waals surface area (Å²) in [5, 5.41) is 11.5. The van der Waals surface area contributed by atoms with Crippen molar-refractivity contribution < 1.29 is 27.9 Å². The van der Waals surface area contributed by atoms with E-state index >= 15 is 0 Å². The summed E-state index contributed by atoms with van der Waals surface area (Å²) in [5.41, 5.74) is -1.40. The Morgan fingerprint density at radius 2 is 1.45 bits per heavy atom. The van der Waals surface area contributed by atoms with Crippen molar-refractivity contribution in [3.63, 3.8) is 0 Å². The summed E-state index contributed by atoms with van der Waals surface area (Å²) in [6, 6.07) is 16.5. The minimum absolute atomic E-state index is 0.0448. The van der Waals surface area contributed by atoms with Crippen molar-refractivity contribution in [1.29, 1.82) is 0 Å². The number of esters is 1. The van der Waals surface area contributed by atoms with Gasteiger partial charge >= 0.3 is 5.97 Å². The molecule has 4 rings (SSSR count). The first kappa shape index (κ1) is 23.4. The summed E-state index contributed by atoms with van der Waals surface area (Å²) in [6.45, 7) is -0.548. The van der Waals surface area contributed by atoms with Crippen LogP contribution in [0.1, 0.15) is 43.2 Å². The molecule has 2 aliphatic rings. The van der Waals surface area contributed by atoms with Crippen LogP contribution in [0.15, 0.2) is 60.7 Å². The number of rotatable bonds is 7. The lowest BCUT2D eigenvalue weighted by molar-refractivity contribution is -0.167. The Kier molecular flexibility index (Phi) is 6.86. The van der Waals surface area contributed by atoms with Gasteiger partial charge in [-0.05, 0) is 30.4 Å². The van der Waals surface area contributed by atoms with E-state index in [0.717, 1.165) is 25.7 Å². The normalized spacial score (nSPS) is 20.5. The van der Waals surface area contributed by atoms with Crippen LogP contribution in [0.25, 0.3) is 0 Å². The number of hydrogen-bond donors (Lipinski definition) is 1. The Bertz CT molecular complexity index is 1040. The Hall–Kier alpha value is -2.71. The minimum Gasteiger partial charge on any atom is -0.453 e. The standard InChI is InChI=1S/C25H29NO6S/c27-23(26(21-13-7-8-14-21)22-15-16-33(30,31)18-22)17-32-24(28)25(29,19-9-3-1-4-10-19)20-11-5-2-6-12-20/h1-6,9-12,21-22,29H,7-8,13-18H2. The molecule has 1 saturated carbocycles. The molecular weight excluding hydrogens is 442 g/mol. The molecule has 1 aliphatic heterocycles. The van der Waals surface area contributed by atoms with Crippen molar-refractivity contribution in [2.75, 3.05) is 18.1 Å².